The predicted octanol–water partition coefficient (Wildman–Crippen LogP) is 3.37. The molecule has 1 aliphatic heterocycles. The predicted molar refractivity (Wildman–Crippen MR) is 106 cm³/mol. The fraction of sp³-hybridized carbons (Fsp3) is 0.409. The van der Waals surface area contributed by atoms with Crippen molar-refractivity contribution < 1.29 is 19.4 Å². The number of hydrogen-bond donors (Lipinski definition) is 1. The second-order valence-corrected chi connectivity index (χ2v) is 7.60. The van der Waals surface area contributed by atoms with E-state index < -0.39 is 5.97 Å². The highest BCUT2D eigenvalue weighted by atomic mass is 16.5. The van der Waals surface area contributed by atoms with E-state index in [9.17, 15) is 14.7 Å². The van der Waals surface area contributed by atoms with E-state index in [0.29, 0.717) is 36.4 Å². The Morgan fingerprint density at radius 2 is 2.04 bits per heavy atom. The van der Waals surface area contributed by atoms with Crippen LogP contribution in [0.15, 0.2) is 42.5 Å². The van der Waals surface area contributed by atoms with Gasteiger partial charge in [0.05, 0.1) is 23.6 Å². The van der Waals surface area contributed by atoms with Crippen LogP contribution in [0.4, 0.5) is 5.82 Å². The van der Waals surface area contributed by atoms with Crippen molar-refractivity contribution in [2.45, 2.75) is 13.8 Å². The van der Waals surface area contributed by atoms with Crippen LogP contribution in [0.2, 0.25) is 0 Å². The Morgan fingerprint density at radius 1 is 1.25 bits per heavy atom. The molecule has 0 spiro atoms. The van der Waals surface area contributed by atoms with E-state index in [1.54, 1.807) is 12.1 Å². The lowest BCUT2D eigenvalue weighted by Crippen LogP contribution is -2.37. The van der Waals surface area contributed by atoms with Crippen LogP contribution in [-0.4, -0.2) is 41.7 Å². The summed E-state index contributed by atoms with van der Waals surface area (Å²) in [5.41, 5.74) is 0.916. The molecule has 1 aromatic carbocycles. The van der Waals surface area contributed by atoms with Gasteiger partial charge >= 0.3 is 11.9 Å². The van der Waals surface area contributed by atoms with Crippen LogP contribution >= 0.6 is 0 Å². The summed E-state index contributed by atoms with van der Waals surface area (Å²) in [4.78, 5) is 31.1. The van der Waals surface area contributed by atoms with Gasteiger partial charge < -0.3 is 14.7 Å². The second-order valence-electron chi connectivity index (χ2n) is 7.60. The van der Waals surface area contributed by atoms with E-state index in [1.165, 1.54) is 0 Å². The summed E-state index contributed by atoms with van der Waals surface area (Å²) in [6, 6.07) is 8.93. The minimum Gasteiger partial charge on any atom is -0.478 e. The fourth-order valence-electron chi connectivity index (χ4n) is 4.58. The van der Waals surface area contributed by atoms with Crippen molar-refractivity contribution in [1.29, 1.82) is 0 Å². The highest BCUT2D eigenvalue weighted by Gasteiger charge is 2.45. The smallest absolute Gasteiger partial charge is 0.336 e. The van der Waals surface area contributed by atoms with Gasteiger partial charge in [0, 0.05) is 18.5 Å². The van der Waals surface area contributed by atoms with Gasteiger partial charge in [-0.15, -0.1) is 0 Å². The van der Waals surface area contributed by atoms with Gasteiger partial charge in [0.1, 0.15) is 5.82 Å². The monoisotopic (exact) mass is 380 g/mol. The number of aromatic carboxylic acids is 1. The van der Waals surface area contributed by atoms with Gasteiger partial charge in [-0.2, -0.15) is 0 Å². The SMILES string of the molecule is CCOC(=O)[C@@H]1[C@H]2CN(c3cc(C(=O)O)c4ccccc4n3)C[C@@H]2C=C[C@@H]1C. The highest BCUT2D eigenvalue weighted by Crippen LogP contribution is 2.41. The Balaban J connectivity index is 1.68. The van der Waals surface area contributed by atoms with Crippen LogP contribution in [0.1, 0.15) is 24.2 Å². The standard InChI is InChI=1S/C22H24N2O4/c1-3-28-22(27)20-13(2)8-9-14-11-24(12-17(14)20)19-10-16(21(25)26)15-6-4-5-7-18(15)23-19/h4-10,13-14,17,20H,3,11-12H2,1-2H3,(H,25,26)/t13-,14-,17-,20-/m0/s1. The van der Waals surface area contributed by atoms with Gasteiger partial charge in [-0.3, -0.25) is 4.79 Å². The molecule has 2 aromatic rings. The molecule has 1 aromatic heterocycles. The van der Waals surface area contributed by atoms with Crippen LogP contribution < -0.4 is 4.90 Å². The molecule has 0 bridgehead atoms. The number of hydrogen-bond acceptors (Lipinski definition) is 5. The van der Waals surface area contributed by atoms with Crippen LogP contribution in [0, 0.1) is 23.7 Å². The Labute approximate surface area is 163 Å². The molecule has 1 fully saturated rings. The maximum atomic E-state index is 12.5. The number of allylic oxidation sites excluding steroid dienone is 1. The first-order valence-electron chi connectivity index (χ1n) is 9.72. The average molecular weight is 380 g/mol. The molecule has 0 radical (unpaired) electrons. The Hall–Kier alpha value is -2.89. The number of aromatic nitrogens is 1. The van der Waals surface area contributed by atoms with Gasteiger partial charge in [0.25, 0.3) is 0 Å². The summed E-state index contributed by atoms with van der Waals surface area (Å²) < 4.78 is 5.32. The lowest BCUT2D eigenvalue weighted by atomic mass is 9.72. The number of fused-ring (bicyclic) bond motifs is 2. The van der Waals surface area contributed by atoms with Crippen molar-refractivity contribution in [1.82, 2.24) is 4.98 Å². The Morgan fingerprint density at radius 3 is 2.79 bits per heavy atom. The summed E-state index contributed by atoms with van der Waals surface area (Å²) >= 11 is 0. The zero-order valence-corrected chi connectivity index (χ0v) is 16.0. The summed E-state index contributed by atoms with van der Waals surface area (Å²) in [6.45, 7) is 5.63. The zero-order chi connectivity index (χ0) is 19.8. The van der Waals surface area contributed by atoms with Gasteiger partial charge in [-0.1, -0.05) is 37.3 Å². The third-order valence-corrected chi connectivity index (χ3v) is 5.92. The van der Waals surface area contributed by atoms with Crippen molar-refractivity contribution in [3.8, 4) is 0 Å². The first kappa shape index (κ1) is 18.5. The number of carbonyl (C=O) groups excluding carboxylic acids is 1. The molecular weight excluding hydrogens is 356 g/mol. The molecule has 6 nitrogen and oxygen atoms in total. The molecule has 1 N–H and O–H groups in total. The topological polar surface area (TPSA) is 79.7 Å². The molecule has 1 aliphatic carbocycles. The van der Waals surface area contributed by atoms with Crippen LogP contribution in [0.3, 0.4) is 0 Å². The Kier molecular flexibility index (Phi) is 4.79. The minimum atomic E-state index is -0.964. The molecular formula is C22H24N2O4. The van der Waals surface area contributed by atoms with E-state index in [4.69, 9.17) is 9.72 Å². The number of nitrogens with zero attached hydrogens (tertiary/aromatic N) is 2. The molecule has 4 atom stereocenters. The normalized spacial score (nSPS) is 26.3. The average Bonchev–Trinajstić information content (AvgIpc) is 3.11. The number of pyridine rings is 1. The van der Waals surface area contributed by atoms with Gasteiger partial charge in [0.2, 0.25) is 0 Å². The summed E-state index contributed by atoms with van der Waals surface area (Å²) in [5, 5.41) is 10.3. The second kappa shape index (κ2) is 7.26. The third kappa shape index (κ3) is 3.13. The number of anilines is 1. The highest BCUT2D eigenvalue weighted by molar-refractivity contribution is 6.03. The van der Waals surface area contributed by atoms with E-state index in [1.807, 2.05) is 32.0 Å². The summed E-state index contributed by atoms with van der Waals surface area (Å²) in [5.74, 6) is -0.149. The fourth-order valence-corrected chi connectivity index (χ4v) is 4.58. The molecule has 2 aliphatic rings. The molecule has 28 heavy (non-hydrogen) atoms. The molecule has 146 valence electrons. The maximum Gasteiger partial charge on any atom is 0.336 e. The van der Waals surface area contributed by atoms with Crippen LogP contribution in [-0.2, 0) is 9.53 Å². The molecule has 0 unspecified atom stereocenters. The lowest BCUT2D eigenvalue weighted by Gasteiger charge is -2.31. The number of esters is 1. The number of para-hydroxylation sites is 1. The van der Waals surface area contributed by atoms with Crippen LogP contribution in [0.25, 0.3) is 10.9 Å². The van der Waals surface area contributed by atoms with E-state index in [-0.39, 0.29) is 35.2 Å². The van der Waals surface area contributed by atoms with Gasteiger partial charge in [-0.25, -0.2) is 9.78 Å². The number of rotatable bonds is 4. The number of ether oxygens (including phenoxy) is 1. The maximum absolute atomic E-state index is 12.5. The molecule has 2 heterocycles. The van der Waals surface area contributed by atoms with E-state index >= 15 is 0 Å². The largest absolute Gasteiger partial charge is 0.478 e. The lowest BCUT2D eigenvalue weighted by molar-refractivity contribution is -0.151. The van der Waals surface area contributed by atoms with E-state index in [2.05, 4.69) is 17.1 Å². The summed E-state index contributed by atoms with van der Waals surface area (Å²) in [7, 11) is 0. The van der Waals surface area contributed by atoms with Crippen molar-refractivity contribution in [2.75, 3.05) is 24.6 Å². The molecule has 4 rings (SSSR count). The van der Waals surface area contributed by atoms with Crippen molar-refractivity contribution in [2.24, 2.45) is 23.7 Å². The number of carboxylic acid groups (broad SMARTS) is 1. The quantitative estimate of drug-likeness (QED) is 0.647. The molecule has 0 saturated carbocycles. The molecule has 0 amide bonds. The van der Waals surface area contributed by atoms with Gasteiger partial charge in [0.15, 0.2) is 0 Å². The van der Waals surface area contributed by atoms with E-state index in [0.717, 1.165) is 0 Å². The summed E-state index contributed by atoms with van der Waals surface area (Å²) in [6.07, 6.45) is 4.28. The van der Waals surface area contributed by atoms with Gasteiger partial charge in [-0.05, 0) is 36.8 Å². The number of benzene rings is 1. The van der Waals surface area contributed by atoms with Crippen molar-refractivity contribution in [3.63, 3.8) is 0 Å². The number of carboxylic acids is 1. The third-order valence-electron chi connectivity index (χ3n) is 5.92. The minimum absolute atomic E-state index is 0.124. The molecule has 6 heteroatoms. The van der Waals surface area contributed by atoms with Crippen LogP contribution in [0.5, 0.6) is 0 Å². The molecule has 1 saturated heterocycles. The number of carbonyl (C=O) groups is 2. The Bertz CT molecular complexity index is 955. The first-order chi connectivity index (χ1) is 13.5. The van der Waals surface area contributed by atoms with Crippen molar-refractivity contribution >= 4 is 28.7 Å². The zero-order valence-electron chi connectivity index (χ0n) is 16.0. The first-order valence-corrected chi connectivity index (χ1v) is 9.72. The van der Waals surface area contributed by atoms with Crippen molar-refractivity contribution in [3.05, 3.63) is 48.0 Å².